The minimum Gasteiger partial charge on any atom is -0.309 e. The smallest absolute Gasteiger partial charge is 0.0548 e. The van der Waals surface area contributed by atoms with Gasteiger partial charge >= 0.3 is 0 Å². The molecule has 2 heteroatoms. The fourth-order valence-electron chi connectivity index (χ4n) is 8.43. The maximum absolute atomic E-state index is 2.52. The molecule has 8 aromatic carbocycles. The zero-order valence-corrected chi connectivity index (χ0v) is 24.9. The normalized spacial score (nSPS) is 12.3. The summed E-state index contributed by atoms with van der Waals surface area (Å²) in [6, 6.07) is 58.1. The number of fused-ring (bicyclic) bond motifs is 2. The lowest BCUT2D eigenvalue weighted by molar-refractivity contribution is 1.18. The Kier molecular flexibility index (Phi) is 4.61. The van der Waals surface area contributed by atoms with Gasteiger partial charge in [-0.2, -0.15) is 0 Å². The van der Waals surface area contributed by atoms with Gasteiger partial charge < -0.3 is 9.13 Å². The fraction of sp³-hybridized carbons (Fsp3) is 0. The summed E-state index contributed by atoms with van der Waals surface area (Å²) in [5.74, 6) is 0. The van der Waals surface area contributed by atoms with Gasteiger partial charge in [0, 0.05) is 38.0 Å². The highest BCUT2D eigenvalue weighted by Crippen LogP contribution is 2.51. The third-order valence-electron chi connectivity index (χ3n) is 10.2. The minimum atomic E-state index is 1.19. The second-order valence-corrected chi connectivity index (χ2v) is 12.5. The van der Waals surface area contributed by atoms with Gasteiger partial charge in [-0.05, 0) is 75.5 Å². The van der Waals surface area contributed by atoms with Crippen molar-refractivity contribution in [3.05, 3.63) is 158 Å². The van der Waals surface area contributed by atoms with Gasteiger partial charge in [0.2, 0.25) is 0 Å². The van der Waals surface area contributed by atoms with Crippen LogP contribution in [-0.4, -0.2) is 9.13 Å². The first-order valence-electron chi connectivity index (χ1n) is 16.0. The molecular weight excluding hydrogens is 556 g/mol. The molecule has 46 heavy (non-hydrogen) atoms. The Morgan fingerprint density at radius 2 is 0.848 bits per heavy atom. The van der Waals surface area contributed by atoms with Crippen molar-refractivity contribution in [1.82, 2.24) is 9.13 Å². The summed E-state index contributed by atoms with van der Waals surface area (Å²) < 4.78 is 4.97. The van der Waals surface area contributed by atoms with Crippen molar-refractivity contribution < 1.29 is 0 Å². The standard InChI is InChI=1S/C44H26N2/c1-3-11-27(12-4-1)30-15-7-17-32-31(30)16-8-20-35(32)46-37-22-10-19-34-33-18-9-21-36-41(33)43-38(45(36)29-13-5-2-6-14-29)25-23-28-24-26-39(46)44(40(28)43)42(34)37/h1-26H. The zero-order chi connectivity index (χ0) is 29.9. The molecule has 0 saturated carbocycles. The Morgan fingerprint density at radius 3 is 1.57 bits per heavy atom. The number of nitrogens with zero attached hydrogens (tertiary/aromatic N) is 2. The molecule has 0 bridgehead atoms. The van der Waals surface area contributed by atoms with E-state index in [0.29, 0.717) is 0 Å². The first-order valence-corrected chi connectivity index (χ1v) is 16.0. The lowest BCUT2D eigenvalue weighted by atomic mass is 9.97. The predicted molar refractivity (Wildman–Crippen MR) is 195 cm³/mol. The predicted octanol–water partition coefficient (Wildman–Crippen LogP) is 11.8. The van der Waals surface area contributed by atoms with Crippen molar-refractivity contribution in [1.29, 1.82) is 0 Å². The number of rotatable bonds is 3. The van der Waals surface area contributed by atoms with Crippen LogP contribution in [0.4, 0.5) is 0 Å². The molecule has 1 aliphatic rings. The highest BCUT2D eigenvalue weighted by molar-refractivity contribution is 6.38. The van der Waals surface area contributed by atoms with Crippen molar-refractivity contribution in [3.8, 4) is 33.6 Å². The van der Waals surface area contributed by atoms with Crippen LogP contribution in [0, 0.1) is 0 Å². The summed E-state index contributed by atoms with van der Waals surface area (Å²) in [6.07, 6.45) is 0. The molecule has 0 unspecified atom stereocenters. The number of benzene rings is 8. The first-order chi connectivity index (χ1) is 22.9. The Balaban J connectivity index is 1.34. The second kappa shape index (κ2) is 8.74. The molecule has 0 radical (unpaired) electrons. The summed E-state index contributed by atoms with van der Waals surface area (Å²) >= 11 is 0. The van der Waals surface area contributed by atoms with E-state index in [4.69, 9.17) is 0 Å². The molecule has 0 atom stereocenters. The highest BCUT2D eigenvalue weighted by Gasteiger charge is 2.27. The van der Waals surface area contributed by atoms with Gasteiger partial charge in [0.25, 0.3) is 0 Å². The molecule has 0 saturated heterocycles. The Morgan fingerprint density at radius 1 is 0.304 bits per heavy atom. The zero-order valence-electron chi connectivity index (χ0n) is 24.9. The van der Waals surface area contributed by atoms with E-state index in [1.165, 1.54) is 98.8 Å². The third kappa shape index (κ3) is 2.96. The van der Waals surface area contributed by atoms with E-state index in [-0.39, 0.29) is 0 Å². The van der Waals surface area contributed by atoms with Crippen molar-refractivity contribution in [3.63, 3.8) is 0 Å². The van der Waals surface area contributed by atoms with E-state index in [1.807, 2.05) is 0 Å². The number of para-hydroxylation sites is 1. The van der Waals surface area contributed by atoms with Crippen molar-refractivity contribution in [2.75, 3.05) is 0 Å². The summed E-state index contributed by atoms with van der Waals surface area (Å²) in [4.78, 5) is 0. The molecule has 0 amide bonds. The fourth-order valence-corrected chi connectivity index (χ4v) is 8.43. The van der Waals surface area contributed by atoms with Crippen molar-refractivity contribution in [2.24, 2.45) is 0 Å². The second-order valence-electron chi connectivity index (χ2n) is 12.5. The van der Waals surface area contributed by atoms with Gasteiger partial charge in [0.1, 0.15) is 0 Å². The molecule has 0 fully saturated rings. The first kappa shape index (κ1) is 24.2. The summed E-state index contributed by atoms with van der Waals surface area (Å²) in [6.45, 7) is 0. The highest BCUT2D eigenvalue weighted by atomic mass is 15.0. The van der Waals surface area contributed by atoms with Gasteiger partial charge in [-0.25, -0.2) is 0 Å². The van der Waals surface area contributed by atoms with Crippen LogP contribution in [0.25, 0.3) is 98.8 Å². The molecular formula is C44H26N2. The van der Waals surface area contributed by atoms with Gasteiger partial charge in [-0.1, -0.05) is 115 Å². The maximum atomic E-state index is 2.52. The SMILES string of the molecule is c1ccc(-c2cccc3c(-n4c5cccc6c5c5c7c(ccc8c7c7c-6cccc7n8-c6ccccc6)ccc54)cccc23)cc1. The Labute approximate surface area is 265 Å². The van der Waals surface area contributed by atoms with Gasteiger partial charge in [-0.3, -0.25) is 0 Å². The molecule has 2 nitrogen and oxygen atoms in total. The largest absolute Gasteiger partial charge is 0.309 e. The van der Waals surface area contributed by atoms with Crippen molar-refractivity contribution >= 4 is 65.2 Å². The van der Waals surface area contributed by atoms with Gasteiger partial charge in [0.05, 0.1) is 27.8 Å². The molecule has 0 aliphatic heterocycles. The van der Waals surface area contributed by atoms with Crippen LogP contribution in [0.2, 0.25) is 0 Å². The topological polar surface area (TPSA) is 9.86 Å². The number of aromatic nitrogens is 2. The maximum Gasteiger partial charge on any atom is 0.0548 e. The quantitative estimate of drug-likeness (QED) is 0.196. The molecule has 212 valence electrons. The van der Waals surface area contributed by atoms with Crippen molar-refractivity contribution in [2.45, 2.75) is 0 Å². The number of hydrogen-bond donors (Lipinski definition) is 0. The third-order valence-corrected chi connectivity index (χ3v) is 10.2. The lowest BCUT2D eigenvalue weighted by Gasteiger charge is -2.15. The monoisotopic (exact) mass is 582 g/mol. The lowest BCUT2D eigenvalue weighted by Crippen LogP contribution is -1.96. The van der Waals surface area contributed by atoms with E-state index < -0.39 is 0 Å². The van der Waals surface area contributed by atoms with E-state index in [0.717, 1.165) is 0 Å². The summed E-state index contributed by atoms with van der Waals surface area (Å²) in [5.41, 5.74) is 12.5. The van der Waals surface area contributed by atoms with Crippen LogP contribution in [0.1, 0.15) is 0 Å². The average molecular weight is 583 g/mol. The minimum absolute atomic E-state index is 1.19. The van der Waals surface area contributed by atoms with E-state index >= 15 is 0 Å². The van der Waals surface area contributed by atoms with E-state index in [1.54, 1.807) is 0 Å². The molecule has 2 heterocycles. The van der Waals surface area contributed by atoms with Crippen LogP contribution in [0.3, 0.4) is 0 Å². The summed E-state index contributed by atoms with van der Waals surface area (Å²) in [5, 5.41) is 10.5. The molecule has 10 aromatic rings. The van der Waals surface area contributed by atoms with Gasteiger partial charge in [0.15, 0.2) is 0 Å². The van der Waals surface area contributed by atoms with Gasteiger partial charge in [-0.15, -0.1) is 0 Å². The van der Waals surface area contributed by atoms with Crippen LogP contribution < -0.4 is 0 Å². The molecule has 0 spiro atoms. The summed E-state index contributed by atoms with van der Waals surface area (Å²) in [7, 11) is 0. The van der Waals surface area contributed by atoms with Crippen LogP contribution >= 0.6 is 0 Å². The van der Waals surface area contributed by atoms with E-state index in [9.17, 15) is 0 Å². The average Bonchev–Trinajstić information content (AvgIpc) is 3.60. The number of hydrogen-bond acceptors (Lipinski definition) is 0. The van der Waals surface area contributed by atoms with Crippen LogP contribution in [0.5, 0.6) is 0 Å². The van der Waals surface area contributed by atoms with E-state index in [2.05, 4.69) is 167 Å². The molecule has 0 N–H and O–H groups in total. The molecule has 1 aliphatic carbocycles. The van der Waals surface area contributed by atoms with Crippen LogP contribution in [-0.2, 0) is 0 Å². The Bertz CT molecular complexity index is 2890. The Hall–Kier alpha value is -6.12. The molecule has 2 aromatic heterocycles. The molecule has 11 rings (SSSR count). The van der Waals surface area contributed by atoms with Crippen LogP contribution in [0.15, 0.2) is 158 Å².